The Morgan fingerprint density at radius 3 is 2.85 bits per heavy atom. The molecule has 0 saturated heterocycles. The second kappa shape index (κ2) is 5.78. The monoisotopic (exact) mass is 298 g/mol. The summed E-state index contributed by atoms with van der Waals surface area (Å²) in [6.45, 7) is 2.29. The molecule has 0 atom stereocenters. The molecule has 0 spiro atoms. The minimum Gasteiger partial charge on any atom is -0.497 e. The Morgan fingerprint density at radius 1 is 1.45 bits per heavy atom. The molecule has 2 aromatic rings. The molecule has 0 saturated carbocycles. The van der Waals surface area contributed by atoms with E-state index in [2.05, 4.69) is 14.7 Å². The molecule has 1 aromatic heterocycles. The van der Waals surface area contributed by atoms with E-state index in [1.54, 1.807) is 14.0 Å². The van der Waals surface area contributed by atoms with Gasteiger partial charge in [0.15, 0.2) is 0 Å². The predicted octanol–water partition coefficient (Wildman–Crippen LogP) is 0.858. The number of nitrogens with one attached hydrogen (secondary N) is 2. The second-order valence-corrected chi connectivity index (χ2v) is 6.17. The van der Waals surface area contributed by atoms with Crippen LogP contribution in [0, 0.1) is 0 Å². The molecule has 8 heteroatoms. The molecular formula is C12H18N4O3S. The number of H-pyrrole nitrogens is 1. The lowest BCUT2D eigenvalue weighted by Crippen LogP contribution is -2.37. The highest BCUT2D eigenvalue weighted by atomic mass is 32.2. The van der Waals surface area contributed by atoms with Gasteiger partial charge in [0, 0.05) is 19.7 Å². The summed E-state index contributed by atoms with van der Waals surface area (Å²) in [6.07, 6.45) is 0. The molecule has 0 aliphatic heterocycles. The van der Waals surface area contributed by atoms with E-state index in [1.165, 1.54) is 11.4 Å². The van der Waals surface area contributed by atoms with Crippen LogP contribution in [0.3, 0.4) is 0 Å². The minimum absolute atomic E-state index is 0.115. The van der Waals surface area contributed by atoms with Crippen LogP contribution < -0.4 is 9.46 Å². The Balaban J connectivity index is 2.15. The van der Waals surface area contributed by atoms with Crippen molar-refractivity contribution < 1.29 is 13.2 Å². The largest absolute Gasteiger partial charge is 0.497 e. The van der Waals surface area contributed by atoms with Crippen molar-refractivity contribution in [2.75, 3.05) is 20.7 Å². The number of imidazole rings is 1. The topological polar surface area (TPSA) is 87.3 Å². The van der Waals surface area contributed by atoms with Gasteiger partial charge < -0.3 is 9.72 Å². The van der Waals surface area contributed by atoms with E-state index in [-0.39, 0.29) is 6.54 Å². The third-order valence-electron chi connectivity index (χ3n) is 3.02. The molecule has 0 unspecified atom stereocenters. The molecule has 20 heavy (non-hydrogen) atoms. The molecule has 0 radical (unpaired) electrons. The van der Waals surface area contributed by atoms with Crippen molar-refractivity contribution in [3.8, 4) is 5.75 Å². The Bertz CT molecular complexity index is 696. The Hall–Kier alpha value is -1.64. The summed E-state index contributed by atoms with van der Waals surface area (Å²) in [5.41, 5.74) is 1.58. The SMILES string of the molecule is CCN(C)S(=O)(=O)NCc1nc2ccc(OC)cc2[nH]1. The first-order valence-corrected chi connectivity index (χ1v) is 7.64. The fourth-order valence-electron chi connectivity index (χ4n) is 1.69. The summed E-state index contributed by atoms with van der Waals surface area (Å²) >= 11 is 0. The molecule has 2 N–H and O–H groups in total. The minimum atomic E-state index is -3.46. The number of hydrogen-bond acceptors (Lipinski definition) is 4. The average Bonchev–Trinajstić information content (AvgIpc) is 2.86. The molecule has 1 heterocycles. The van der Waals surface area contributed by atoms with E-state index in [0.717, 1.165) is 16.8 Å². The summed E-state index contributed by atoms with van der Waals surface area (Å²) in [4.78, 5) is 7.38. The average molecular weight is 298 g/mol. The molecule has 110 valence electrons. The summed E-state index contributed by atoms with van der Waals surface area (Å²) in [6, 6.07) is 5.45. The van der Waals surface area contributed by atoms with Crippen molar-refractivity contribution in [2.45, 2.75) is 13.5 Å². The van der Waals surface area contributed by atoms with E-state index in [4.69, 9.17) is 4.74 Å². The van der Waals surface area contributed by atoms with Gasteiger partial charge >= 0.3 is 0 Å². The number of rotatable bonds is 6. The number of methoxy groups -OCH3 is 1. The third-order valence-corrected chi connectivity index (χ3v) is 4.60. The van der Waals surface area contributed by atoms with E-state index in [9.17, 15) is 8.42 Å². The van der Waals surface area contributed by atoms with E-state index in [0.29, 0.717) is 12.4 Å². The Morgan fingerprint density at radius 2 is 2.20 bits per heavy atom. The maximum absolute atomic E-state index is 11.8. The zero-order valence-corrected chi connectivity index (χ0v) is 12.5. The lowest BCUT2D eigenvalue weighted by atomic mass is 10.3. The number of ether oxygens (including phenoxy) is 1. The van der Waals surface area contributed by atoms with Crippen molar-refractivity contribution in [3.05, 3.63) is 24.0 Å². The molecule has 0 fully saturated rings. The van der Waals surface area contributed by atoms with Crippen molar-refractivity contribution in [1.29, 1.82) is 0 Å². The van der Waals surface area contributed by atoms with Crippen molar-refractivity contribution in [1.82, 2.24) is 19.0 Å². The van der Waals surface area contributed by atoms with Gasteiger partial charge in [-0.25, -0.2) is 4.98 Å². The van der Waals surface area contributed by atoms with E-state index < -0.39 is 10.2 Å². The molecule has 0 bridgehead atoms. The second-order valence-electron chi connectivity index (χ2n) is 4.31. The number of aromatic nitrogens is 2. The zero-order valence-electron chi connectivity index (χ0n) is 11.7. The first-order valence-electron chi connectivity index (χ1n) is 6.20. The van der Waals surface area contributed by atoms with E-state index in [1.807, 2.05) is 18.2 Å². The van der Waals surface area contributed by atoms with Crippen LogP contribution in [0.4, 0.5) is 0 Å². The summed E-state index contributed by atoms with van der Waals surface area (Å²) in [5, 5.41) is 0. The highest BCUT2D eigenvalue weighted by molar-refractivity contribution is 7.87. The number of fused-ring (bicyclic) bond motifs is 1. The first-order chi connectivity index (χ1) is 9.46. The number of hydrogen-bond donors (Lipinski definition) is 2. The summed E-state index contributed by atoms with van der Waals surface area (Å²) in [7, 11) is -0.350. The van der Waals surface area contributed by atoms with Crippen molar-refractivity contribution in [2.24, 2.45) is 0 Å². The summed E-state index contributed by atoms with van der Waals surface area (Å²) in [5.74, 6) is 1.28. The molecule has 1 aromatic carbocycles. The molecular weight excluding hydrogens is 280 g/mol. The molecule has 7 nitrogen and oxygen atoms in total. The molecule has 0 aliphatic rings. The van der Waals surface area contributed by atoms with Crippen LogP contribution in [0.2, 0.25) is 0 Å². The van der Waals surface area contributed by atoms with Crippen LogP contribution in [0.25, 0.3) is 11.0 Å². The van der Waals surface area contributed by atoms with Crippen LogP contribution in [-0.4, -0.2) is 43.4 Å². The van der Waals surface area contributed by atoms with Gasteiger partial charge in [0.25, 0.3) is 10.2 Å². The van der Waals surface area contributed by atoms with Crippen LogP contribution in [0.15, 0.2) is 18.2 Å². The normalized spacial score (nSPS) is 12.2. The summed E-state index contributed by atoms with van der Waals surface area (Å²) < 4.78 is 32.5. The van der Waals surface area contributed by atoms with Gasteiger partial charge in [-0.1, -0.05) is 6.92 Å². The first kappa shape index (κ1) is 14.8. The van der Waals surface area contributed by atoms with E-state index >= 15 is 0 Å². The molecule has 2 rings (SSSR count). The van der Waals surface area contributed by atoms with Crippen LogP contribution in [-0.2, 0) is 16.8 Å². The lowest BCUT2D eigenvalue weighted by molar-refractivity contribution is 0.415. The van der Waals surface area contributed by atoms with Crippen molar-refractivity contribution in [3.63, 3.8) is 0 Å². The van der Waals surface area contributed by atoms with Gasteiger partial charge in [-0.15, -0.1) is 0 Å². The maximum Gasteiger partial charge on any atom is 0.279 e. The van der Waals surface area contributed by atoms with Crippen LogP contribution in [0.5, 0.6) is 5.75 Å². The van der Waals surface area contributed by atoms with Gasteiger partial charge in [0.2, 0.25) is 0 Å². The van der Waals surface area contributed by atoms with Gasteiger partial charge in [0.05, 0.1) is 24.7 Å². The number of benzene rings is 1. The van der Waals surface area contributed by atoms with Crippen molar-refractivity contribution >= 4 is 21.2 Å². The Kier molecular flexibility index (Phi) is 4.26. The molecule has 0 amide bonds. The fourth-order valence-corrected chi connectivity index (χ4v) is 2.57. The predicted molar refractivity (Wildman–Crippen MR) is 76.7 cm³/mol. The van der Waals surface area contributed by atoms with Gasteiger partial charge in [-0.2, -0.15) is 17.4 Å². The maximum atomic E-state index is 11.8. The van der Waals surface area contributed by atoms with Crippen LogP contribution in [0.1, 0.15) is 12.7 Å². The third kappa shape index (κ3) is 3.09. The van der Waals surface area contributed by atoms with Gasteiger partial charge in [0.1, 0.15) is 11.6 Å². The molecule has 0 aliphatic carbocycles. The fraction of sp³-hybridized carbons (Fsp3) is 0.417. The number of nitrogens with zero attached hydrogens (tertiary/aromatic N) is 2. The standard InChI is InChI=1S/C12H18N4O3S/c1-4-16(2)20(17,18)13-8-12-14-10-6-5-9(19-3)7-11(10)15-12/h5-7,13H,4,8H2,1-3H3,(H,14,15). The van der Waals surface area contributed by atoms with Crippen LogP contribution >= 0.6 is 0 Å². The number of aromatic amines is 1. The highest BCUT2D eigenvalue weighted by Gasteiger charge is 2.15. The van der Waals surface area contributed by atoms with Gasteiger partial charge in [-0.3, -0.25) is 0 Å². The smallest absolute Gasteiger partial charge is 0.279 e. The zero-order chi connectivity index (χ0) is 14.8. The van der Waals surface area contributed by atoms with Gasteiger partial charge in [-0.05, 0) is 12.1 Å². The Labute approximate surface area is 118 Å². The highest BCUT2D eigenvalue weighted by Crippen LogP contribution is 2.18. The quantitative estimate of drug-likeness (QED) is 0.828. The lowest BCUT2D eigenvalue weighted by Gasteiger charge is -2.14.